The Morgan fingerprint density at radius 3 is 2.55 bits per heavy atom. The summed E-state index contributed by atoms with van der Waals surface area (Å²) in [5.74, 6) is -0.327. The number of rotatable bonds is 5. The molecule has 0 heterocycles. The Labute approximate surface area is 125 Å². The van der Waals surface area contributed by atoms with E-state index in [1.54, 1.807) is 0 Å². The molecule has 5 heteroatoms. The molecule has 0 bridgehead atoms. The van der Waals surface area contributed by atoms with Crippen LogP contribution in [0.5, 0.6) is 0 Å². The van der Waals surface area contributed by atoms with Crippen LogP contribution in [-0.2, 0) is 4.79 Å². The topological polar surface area (TPSA) is 72.3 Å². The molecule has 1 amide bonds. The number of benzene rings is 1. The Morgan fingerprint density at radius 2 is 2.00 bits per heavy atom. The summed E-state index contributed by atoms with van der Waals surface area (Å²) < 4.78 is 0. The largest absolute Gasteiger partial charge is 0.389 e. The molecule has 0 saturated heterocycles. The van der Waals surface area contributed by atoms with E-state index >= 15 is 0 Å². The molecule has 2 rings (SSSR count). The van der Waals surface area contributed by atoms with Gasteiger partial charge in [0.2, 0.25) is 5.91 Å². The van der Waals surface area contributed by atoms with E-state index < -0.39 is 0 Å². The van der Waals surface area contributed by atoms with Crippen LogP contribution in [0.15, 0.2) is 18.2 Å². The summed E-state index contributed by atoms with van der Waals surface area (Å²) in [6, 6.07) is 6.29. The quantitative estimate of drug-likeness (QED) is 0.812. The number of amides is 1. The molecule has 0 atom stereocenters. The SMILES string of the molecule is Cc1ccc(C(N)=S)c(N(CC(N)=O)C2CCCC2)c1. The number of nitrogens with two attached hydrogens (primary N) is 2. The predicted molar refractivity (Wildman–Crippen MR) is 85.9 cm³/mol. The molecular formula is C15H21N3OS. The maximum Gasteiger partial charge on any atom is 0.236 e. The third kappa shape index (κ3) is 3.28. The van der Waals surface area contributed by atoms with Gasteiger partial charge in [0.15, 0.2) is 0 Å². The molecule has 0 unspecified atom stereocenters. The second-order valence-corrected chi connectivity index (χ2v) is 5.86. The summed E-state index contributed by atoms with van der Waals surface area (Å²) in [7, 11) is 0. The minimum absolute atomic E-state index is 0.212. The van der Waals surface area contributed by atoms with Crippen molar-refractivity contribution in [1.29, 1.82) is 0 Å². The highest BCUT2D eigenvalue weighted by Crippen LogP contribution is 2.31. The Bertz CT molecular complexity index is 524. The fraction of sp³-hybridized carbons (Fsp3) is 0.467. The minimum Gasteiger partial charge on any atom is -0.389 e. The molecule has 4 N–H and O–H groups in total. The van der Waals surface area contributed by atoms with Crippen molar-refractivity contribution in [3.63, 3.8) is 0 Å². The maximum atomic E-state index is 11.4. The molecule has 0 radical (unpaired) electrons. The van der Waals surface area contributed by atoms with Crippen molar-refractivity contribution in [2.45, 2.75) is 38.6 Å². The van der Waals surface area contributed by atoms with Crippen LogP contribution in [0.3, 0.4) is 0 Å². The summed E-state index contributed by atoms with van der Waals surface area (Å²) in [4.78, 5) is 13.9. The standard InChI is InChI=1S/C15H21N3OS/c1-10-6-7-12(15(17)20)13(8-10)18(9-14(16)19)11-4-2-3-5-11/h6-8,11H,2-5,9H2,1H3,(H2,16,19)(H2,17,20). The zero-order chi connectivity index (χ0) is 14.7. The number of hydrogen-bond donors (Lipinski definition) is 2. The zero-order valence-electron chi connectivity index (χ0n) is 11.8. The van der Waals surface area contributed by atoms with Crippen molar-refractivity contribution in [1.82, 2.24) is 0 Å². The Morgan fingerprint density at radius 1 is 1.35 bits per heavy atom. The molecule has 108 valence electrons. The van der Waals surface area contributed by atoms with Crippen LogP contribution in [0.1, 0.15) is 36.8 Å². The Balaban J connectivity index is 2.43. The third-order valence-corrected chi connectivity index (χ3v) is 4.04. The highest BCUT2D eigenvalue weighted by Gasteiger charge is 2.26. The molecule has 4 nitrogen and oxygen atoms in total. The van der Waals surface area contributed by atoms with Gasteiger partial charge in [-0.25, -0.2) is 0 Å². The molecule has 1 aliphatic rings. The van der Waals surface area contributed by atoms with Gasteiger partial charge in [0, 0.05) is 17.3 Å². The number of carbonyl (C=O) groups is 1. The van der Waals surface area contributed by atoms with E-state index in [4.69, 9.17) is 23.7 Å². The summed E-state index contributed by atoms with van der Waals surface area (Å²) >= 11 is 5.14. The van der Waals surface area contributed by atoms with Crippen LogP contribution in [0, 0.1) is 6.92 Å². The van der Waals surface area contributed by atoms with Crippen molar-refractivity contribution in [2.75, 3.05) is 11.4 Å². The molecule has 0 aliphatic heterocycles. The van der Waals surface area contributed by atoms with E-state index in [2.05, 4.69) is 4.90 Å². The molecule has 1 saturated carbocycles. The van der Waals surface area contributed by atoms with E-state index in [-0.39, 0.29) is 12.5 Å². The van der Waals surface area contributed by atoms with Gasteiger partial charge in [0.05, 0.1) is 6.54 Å². The number of carbonyl (C=O) groups excluding carboxylic acids is 1. The van der Waals surface area contributed by atoms with Gasteiger partial charge in [-0.2, -0.15) is 0 Å². The van der Waals surface area contributed by atoms with Crippen LogP contribution >= 0.6 is 12.2 Å². The first kappa shape index (κ1) is 14.8. The van der Waals surface area contributed by atoms with Gasteiger partial charge >= 0.3 is 0 Å². The van der Waals surface area contributed by atoms with E-state index in [0.717, 1.165) is 29.7 Å². The average molecular weight is 291 g/mol. The summed E-state index contributed by atoms with van der Waals surface area (Å²) in [5.41, 5.74) is 14.1. The van der Waals surface area contributed by atoms with Gasteiger partial charge in [0.25, 0.3) is 0 Å². The number of aryl methyl sites for hydroxylation is 1. The number of nitrogens with zero attached hydrogens (tertiary/aromatic N) is 1. The van der Waals surface area contributed by atoms with Crippen molar-refractivity contribution in [3.8, 4) is 0 Å². The van der Waals surface area contributed by atoms with Gasteiger partial charge < -0.3 is 16.4 Å². The molecule has 1 aromatic rings. The van der Waals surface area contributed by atoms with Gasteiger partial charge in [-0.1, -0.05) is 31.1 Å². The van der Waals surface area contributed by atoms with Crippen molar-refractivity contribution in [2.24, 2.45) is 11.5 Å². The molecule has 20 heavy (non-hydrogen) atoms. The number of hydrogen-bond acceptors (Lipinski definition) is 3. The van der Waals surface area contributed by atoms with Crippen LogP contribution in [0.2, 0.25) is 0 Å². The molecular weight excluding hydrogens is 270 g/mol. The Kier molecular flexibility index (Phi) is 4.60. The van der Waals surface area contributed by atoms with Gasteiger partial charge in [-0.3, -0.25) is 4.79 Å². The van der Waals surface area contributed by atoms with Gasteiger partial charge in [0.1, 0.15) is 4.99 Å². The lowest BCUT2D eigenvalue weighted by Crippen LogP contribution is -2.41. The van der Waals surface area contributed by atoms with Crippen LogP contribution in [0.4, 0.5) is 5.69 Å². The normalized spacial score (nSPS) is 15.2. The lowest BCUT2D eigenvalue weighted by atomic mass is 10.1. The molecule has 1 aliphatic carbocycles. The zero-order valence-corrected chi connectivity index (χ0v) is 12.6. The van der Waals surface area contributed by atoms with Crippen LogP contribution in [-0.4, -0.2) is 23.5 Å². The van der Waals surface area contributed by atoms with Crippen molar-refractivity contribution >= 4 is 28.8 Å². The molecule has 1 fully saturated rings. The second-order valence-electron chi connectivity index (χ2n) is 5.42. The summed E-state index contributed by atoms with van der Waals surface area (Å²) in [6.07, 6.45) is 4.54. The number of thiocarbonyl (C=S) groups is 1. The monoisotopic (exact) mass is 291 g/mol. The summed E-state index contributed by atoms with van der Waals surface area (Å²) in [6.45, 7) is 2.23. The van der Waals surface area contributed by atoms with E-state index in [0.29, 0.717) is 11.0 Å². The number of primary amides is 1. The smallest absolute Gasteiger partial charge is 0.236 e. The highest BCUT2D eigenvalue weighted by molar-refractivity contribution is 7.80. The van der Waals surface area contributed by atoms with Crippen LogP contribution < -0.4 is 16.4 Å². The first-order valence-electron chi connectivity index (χ1n) is 6.94. The first-order chi connectivity index (χ1) is 9.49. The average Bonchev–Trinajstić information content (AvgIpc) is 2.88. The lowest BCUT2D eigenvalue weighted by molar-refractivity contribution is -0.116. The first-order valence-corrected chi connectivity index (χ1v) is 7.35. The van der Waals surface area contributed by atoms with E-state index in [1.807, 2.05) is 25.1 Å². The van der Waals surface area contributed by atoms with Gasteiger partial charge in [-0.15, -0.1) is 0 Å². The van der Waals surface area contributed by atoms with E-state index in [1.165, 1.54) is 12.8 Å². The molecule has 0 aromatic heterocycles. The molecule has 0 spiro atoms. The third-order valence-electron chi connectivity index (χ3n) is 3.82. The fourth-order valence-corrected chi connectivity index (χ4v) is 3.06. The lowest BCUT2D eigenvalue weighted by Gasteiger charge is -2.32. The predicted octanol–water partition coefficient (Wildman–Crippen LogP) is 1.86. The van der Waals surface area contributed by atoms with Crippen molar-refractivity contribution < 1.29 is 4.79 Å². The number of anilines is 1. The van der Waals surface area contributed by atoms with E-state index in [9.17, 15) is 4.79 Å². The Hall–Kier alpha value is -1.62. The minimum atomic E-state index is -0.327. The van der Waals surface area contributed by atoms with Crippen LogP contribution in [0.25, 0.3) is 0 Å². The maximum absolute atomic E-state index is 11.4. The van der Waals surface area contributed by atoms with Gasteiger partial charge in [-0.05, 0) is 37.5 Å². The van der Waals surface area contributed by atoms with Crippen molar-refractivity contribution in [3.05, 3.63) is 29.3 Å². The summed E-state index contributed by atoms with van der Waals surface area (Å²) in [5, 5.41) is 0. The molecule has 1 aromatic carbocycles. The fourth-order valence-electron chi connectivity index (χ4n) is 2.88. The second kappa shape index (κ2) is 6.22. The highest BCUT2D eigenvalue weighted by atomic mass is 32.1.